The van der Waals surface area contributed by atoms with Gasteiger partial charge in [-0.1, -0.05) is 17.7 Å². The second-order valence-electron chi connectivity index (χ2n) is 4.22. The van der Waals surface area contributed by atoms with Crippen LogP contribution in [0.5, 0.6) is 0 Å². The molecule has 0 spiro atoms. The molecule has 8 heteroatoms. The lowest BCUT2D eigenvalue weighted by molar-refractivity contribution is 0.0949. The summed E-state index contributed by atoms with van der Waals surface area (Å²) in [6.45, 7) is 0.136. The van der Waals surface area contributed by atoms with Crippen molar-refractivity contribution in [3.63, 3.8) is 0 Å². The first kappa shape index (κ1) is 13.4. The monoisotopic (exact) mass is 305 g/mol. The number of pyridine rings is 2. The standard InChI is InChI=1S/C13H9ClFN5O/c14-12-9(5-8(15)6-16-12)13(21)17-7-11-19-18-10-3-1-2-4-20(10)11/h1-6H,7H2,(H,17,21). The molecule has 0 radical (unpaired) electrons. The van der Waals surface area contributed by atoms with E-state index in [2.05, 4.69) is 20.5 Å². The summed E-state index contributed by atoms with van der Waals surface area (Å²) in [6.07, 6.45) is 2.73. The summed E-state index contributed by atoms with van der Waals surface area (Å²) < 4.78 is 14.8. The first-order valence-electron chi connectivity index (χ1n) is 6.03. The molecule has 0 aromatic carbocycles. The molecule has 0 fully saturated rings. The number of hydrogen-bond acceptors (Lipinski definition) is 4. The molecule has 0 atom stereocenters. The molecular formula is C13H9ClFN5O. The number of carbonyl (C=O) groups excluding carboxylic acids is 1. The van der Waals surface area contributed by atoms with Gasteiger partial charge in [0.15, 0.2) is 11.5 Å². The molecule has 0 unspecified atom stereocenters. The van der Waals surface area contributed by atoms with E-state index in [1.807, 2.05) is 12.1 Å². The zero-order valence-corrected chi connectivity index (χ0v) is 11.4. The van der Waals surface area contributed by atoms with Crippen LogP contribution in [0.4, 0.5) is 4.39 Å². The SMILES string of the molecule is O=C(NCc1nnc2ccccn12)c1cc(F)cnc1Cl. The van der Waals surface area contributed by atoms with Crippen LogP contribution in [0.3, 0.4) is 0 Å². The fourth-order valence-electron chi connectivity index (χ4n) is 1.85. The Hall–Kier alpha value is -2.54. The molecule has 106 valence electrons. The van der Waals surface area contributed by atoms with E-state index in [4.69, 9.17) is 11.6 Å². The van der Waals surface area contributed by atoms with Crippen molar-refractivity contribution in [3.05, 3.63) is 59.0 Å². The number of hydrogen-bond donors (Lipinski definition) is 1. The van der Waals surface area contributed by atoms with Crippen molar-refractivity contribution >= 4 is 23.2 Å². The van der Waals surface area contributed by atoms with Crippen molar-refractivity contribution in [2.45, 2.75) is 6.54 Å². The van der Waals surface area contributed by atoms with E-state index < -0.39 is 11.7 Å². The van der Waals surface area contributed by atoms with Crippen molar-refractivity contribution in [2.24, 2.45) is 0 Å². The zero-order valence-electron chi connectivity index (χ0n) is 10.6. The van der Waals surface area contributed by atoms with Gasteiger partial charge in [-0.3, -0.25) is 9.20 Å². The average Bonchev–Trinajstić information content (AvgIpc) is 2.90. The lowest BCUT2D eigenvalue weighted by Crippen LogP contribution is -2.24. The van der Waals surface area contributed by atoms with Crippen LogP contribution < -0.4 is 5.32 Å². The Balaban J connectivity index is 1.78. The Kier molecular flexibility index (Phi) is 3.49. The van der Waals surface area contributed by atoms with E-state index >= 15 is 0 Å². The van der Waals surface area contributed by atoms with Crippen LogP contribution in [0, 0.1) is 5.82 Å². The third-order valence-corrected chi connectivity index (χ3v) is 3.14. The summed E-state index contributed by atoms with van der Waals surface area (Å²) in [5, 5.41) is 10.5. The molecule has 3 rings (SSSR count). The second-order valence-corrected chi connectivity index (χ2v) is 4.58. The predicted molar refractivity (Wildman–Crippen MR) is 73.4 cm³/mol. The molecule has 1 N–H and O–H groups in total. The number of aromatic nitrogens is 4. The van der Waals surface area contributed by atoms with Gasteiger partial charge < -0.3 is 5.32 Å². The number of nitrogens with one attached hydrogen (secondary N) is 1. The van der Waals surface area contributed by atoms with Crippen molar-refractivity contribution < 1.29 is 9.18 Å². The van der Waals surface area contributed by atoms with Gasteiger partial charge in [0.25, 0.3) is 5.91 Å². The maximum atomic E-state index is 13.1. The Bertz CT molecular complexity index is 819. The molecule has 0 aliphatic carbocycles. The van der Waals surface area contributed by atoms with Gasteiger partial charge in [-0.2, -0.15) is 0 Å². The van der Waals surface area contributed by atoms with Crippen LogP contribution in [-0.4, -0.2) is 25.5 Å². The first-order chi connectivity index (χ1) is 10.1. The molecule has 0 saturated heterocycles. The van der Waals surface area contributed by atoms with Crippen LogP contribution in [0.2, 0.25) is 5.15 Å². The first-order valence-corrected chi connectivity index (χ1v) is 6.41. The summed E-state index contributed by atoms with van der Waals surface area (Å²) >= 11 is 5.77. The summed E-state index contributed by atoms with van der Waals surface area (Å²) in [6, 6.07) is 6.50. The second kappa shape index (κ2) is 5.45. The predicted octanol–water partition coefficient (Wildman–Crippen LogP) is 1.85. The van der Waals surface area contributed by atoms with Crippen molar-refractivity contribution in [1.29, 1.82) is 0 Å². The molecule has 0 saturated carbocycles. The fourth-order valence-corrected chi connectivity index (χ4v) is 2.04. The maximum Gasteiger partial charge on any atom is 0.254 e. The zero-order chi connectivity index (χ0) is 14.8. The summed E-state index contributed by atoms with van der Waals surface area (Å²) in [4.78, 5) is 15.6. The van der Waals surface area contributed by atoms with E-state index in [1.165, 1.54) is 0 Å². The largest absolute Gasteiger partial charge is 0.345 e. The highest BCUT2D eigenvalue weighted by molar-refractivity contribution is 6.32. The van der Waals surface area contributed by atoms with Gasteiger partial charge in [0, 0.05) is 6.20 Å². The van der Waals surface area contributed by atoms with E-state index in [9.17, 15) is 9.18 Å². The van der Waals surface area contributed by atoms with Gasteiger partial charge in [-0.25, -0.2) is 9.37 Å². The van der Waals surface area contributed by atoms with Crippen LogP contribution in [0.15, 0.2) is 36.7 Å². The lowest BCUT2D eigenvalue weighted by Gasteiger charge is -2.05. The van der Waals surface area contributed by atoms with Crippen molar-refractivity contribution in [3.8, 4) is 0 Å². The van der Waals surface area contributed by atoms with Gasteiger partial charge in [-0.05, 0) is 18.2 Å². The molecule has 0 aliphatic rings. The van der Waals surface area contributed by atoms with Crippen LogP contribution in [0.1, 0.15) is 16.2 Å². The molecule has 3 heterocycles. The average molecular weight is 306 g/mol. The minimum absolute atomic E-state index is 0.0227. The minimum Gasteiger partial charge on any atom is -0.345 e. The maximum absolute atomic E-state index is 13.1. The van der Waals surface area contributed by atoms with Crippen LogP contribution in [-0.2, 0) is 6.54 Å². The number of nitrogens with zero attached hydrogens (tertiary/aromatic N) is 4. The normalized spacial score (nSPS) is 10.8. The number of carbonyl (C=O) groups is 1. The summed E-state index contributed by atoms with van der Waals surface area (Å²) in [7, 11) is 0. The number of rotatable bonds is 3. The highest BCUT2D eigenvalue weighted by Gasteiger charge is 2.13. The molecule has 21 heavy (non-hydrogen) atoms. The lowest BCUT2D eigenvalue weighted by atomic mass is 10.2. The topological polar surface area (TPSA) is 72.2 Å². The third kappa shape index (κ3) is 2.68. The Morgan fingerprint density at radius 2 is 2.24 bits per heavy atom. The van der Waals surface area contributed by atoms with Gasteiger partial charge >= 0.3 is 0 Å². The van der Waals surface area contributed by atoms with Crippen LogP contribution >= 0.6 is 11.6 Å². The molecule has 1 amide bonds. The Morgan fingerprint density at radius 3 is 3.10 bits per heavy atom. The van der Waals surface area contributed by atoms with E-state index in [0.717, 1.165) is 12.3 Å². The quantitative estimate of drug-likeness (QED) is 0.750. The third-order valence-electron chi connectivity index (χ3n) is 2.84. The van der Waals surface area contributed by atoms with E-state index in [-0.39, 0.29) is 17.3 Å². The van der Waals surface area contributed by atoms with Gasteiger partial charge in [0.05, 0.1) is 18.3 Å². The molecule has 3 aromatic heterocycles. The fraction of sp³-hybridized carbons (Fsp3) is 0.0769. The Labute approximate surface area is 123 Å². The molecule has 6 nitrogen and oxygen atoms in total. The van der Waals surface area contributed by atoms with Gasteiger partial charge in [-0.15, -0.1) is 10.2 Å². The molecule has 0 aliphatic heterocycles. The van der Waals surface area contributed by atoms with Crippen molar-refractivity contribution in [2.75, 3.05) is 0 Å². The van der Waals surface area contributed by atoms with E-state index in [1.54, 1.807) is 16.7 Å². The van der Waals surface area contributed by atoms with Gasteiger partial charge in [0.2, 0.25) is 0 Å². The Morgan fingerprint density at radius 1 is 1.38 bits per heavy atom. The smallest absolute Gasteiger partial charge is 0.254 e. The number of fused-ring (bicyclic) bond motifs is 1. The molecular weight excluding hydrogens is 297 g/mol. The number of amides is 1. The highest BCUT2D eigenvalue weighted by Crippen LogP contribution is 2.13. The van der Waals surface area contributed by atoms with Crippen molar-refractivity contribution in [1.82, 2.24) is 24.9 Å². The van der Waals surface area contributed by atoms with Crippen LogP contribution in [0.25, 0.3) is 5.65 Å². The molecule has 0 bridgehead atoms. The summed E-state index contributed by atoms with van der Waals surface area (Å²) in [5.74, 6) is -0.600. The van der Waals surface area contributed by atoms with E-state index in [0.29, 0.717) is 11.5 Å². The number of halogens is 2. The minimum atomic E-state index is -0.627. The molecule has 3 aromatic rings. The summed E-state index contributed by atoms with van der Waals surface area (Å²) in [5.41, 5.74) is 0.651. The van der Waals surface area contributed by atoms with Gasteiger partial charge in [0.1, 0.15) is 11.0 Å². The highest BCUT2D eigenvalue weighted by atomic mass is 35.5.